The Morgan fingerprint density at radius 1 is 1.43 bits per heavy atom. The summed E-state index contributed by atoms with van der Waals surface area (Å²) in [5.41, 5.74) is 0.606. The third kappa shape index (κ3) is 3.87. The minimum absolute atomic E-state index is 0.0540. The second-order valence-electron chi connectivity index (χ2n) is 5.92. The molecule has 0 radical (unpaired) electrons. The number of aromatic nitrogens is 1. The van der Waals surface area contributed by atoms with Crippen molar-refractivity contribution in [2.45, 2.75) is 51.6 Å². The van der Waals surface area contributed by atoms with Gasteiger partial charge < -0.3 is 15.0 Å². The van der Waals surface area contributed by atoms with E-state index in [1.807, 2.05) is 24.6 Å². The molecule has 2 atom stereocenters. The molecule has 6 heteroatoms. The second-order valence-corrected chi connectivity index (χ2v) is 6.83. The highest BCUT2D eigenvalue weighted by Crippen LogP contribution is 2.25. The lowest BCUT2D eigenvalue weighted by atomic mass is 9.86. The molecular formula is C15H21BrN2O3. The lowest BCUT2D eigenvalue weighted by molar-refractivity contribution is -0.143. The average molecular weight is 357 g/mol. The molecule has 1 saturated carbocycles. The van der Waals surface area contributed by atoms with Gasteiger partial charge in [-0.15, -0.1) is 0 Å². The van der Waals surface area contributed by atoms with Gasteiger partial charge in [-0.2, -0.15) is 0 Å². The lowest BCUT2D eigenvalue weighted by Crippen LogP contribution is -2.40. The normalized spacial score (nSPS) is 22.3. The van der Waals surface area contributed by atoms with Gasteiger partial charge in [-0.05, 0) is 55.1 Å². The number of carboxylic acid groups (broad SMARTS) is 1. The zero-order valence-corrected chi connectivity index (χ0v) is 13.9. The number of rotatable bonds is 4. The standard InChI is InChI=1S/C15H21BrN2O3/c1-9(2)18-8-11(16)7-13(18)14(19)17-12-5-3-4-10(6-12)15(20)21/h7-10,12H,3-6H2,1-2H3,(H,17,19)(H,20,21). The van der Waals surface area contributed by atoms with Crippen LogP contribution in [0.4, 0.5) is 0 Å². The van der Waals surface area contributed by atoms with E-state index in [0.717, 1.165) is 17.3 Å². The van der Waals surface area contributed by atoms with Crippen molar-refractivity contribution in [2.75, 3.05) is 0 Å². The van der Waals surface area contributed by atoms with Crippen LogP contribution in [0.2, 0.25) is 0 Å². The minimum Gasteiger partial charge on any atom is -0.481 e. The van der Waals surface area contributed by atoms with Crippen molar-refractivity contribution in [3.63, 3.8) is 0 Å². The molecule has 2 rings (SSSR count). The van der Waals surface area contributed by atoms with Crippen LogP contribution in [0.1, 0.15) is 56.1 Å². The fraction of sp³-hybridized carbons (Fsp3) is 0.600. The molecule has 0 saturated heterocycles. The molecule has 1 amide bonds. The highest BCUT2D eigenvalue weighted by Gasteiger charge is 2.28. The summed E-state index contributed by atoms with van der Waals surface area (Å²) in [6, 6.07) is 1.93. The molecule has 21 heavy (non-hydrogen) atoms. The molecule has 1 aromatic rings. The number of hydrogen-bond donors (Lipinski definition) is 2. The number of hydrogen-bond acceptors (Lipinski definition) is 2. The van der Waals surface area contributed by atoms with Crippen molar-refractivity contribution in [3.8, 4) is 0 Å². The first-order valence-corrected chi connectivity index (χ1v) is 8.08. The largest absolute Gasteiger partial charge is 0.481 e. The Morgan fingerprint density at radius 3 is 2.76 bits per heavy atom. The van der Waals surface area contributed by atoms with Gasteiger partial charge in [-0.3, -0.25) is 9.59 Å². The predicted octanol–water partition coefficient (Wildman–Crippen LogP) is 3.20. The van der Waals surface area contributed by atoms with E-state index in [9.17, 15) is 9.59 Å². The highest BCUT2D eigenvalue weighted by atomic mass is 79.9. The number of amides is 1. The van der Waals surface area contributed by atoms with Gasteiger partial charge in [0.25, 0.3) is 5.91 Å². The van der Waals surface area contributed by atoms with Gasteiger partial charge in [-0.25, -0.2) is 0 Å². The number of nitrogens with one attached hydrogen (secondary N) is 1. The Labute approximate surface area is 132 Å². The summed E-state index contributed by atoms with van der Waals surface area (Å²) in [7, 11) is 0. The van der Waals surface area contributed by atoms with Crippen LogP contribution in [0.25, 0.3) is 0 Å². The van der Waals surface area contributed by atoms with Crippen molar-refractivity contribution in [1.29, 1.82) is 0 Å². The molecule has 1 aromatic heterocycles. The van der Waals surface area contributed by atoms with Crippen LogP contribution in [0, 0.1) is 5.92 Å². The van der Waals surface area contributed by atoms with E-state index in [-0.39, 0.29) is 23.9 Å². The van der Waals surface area contributed by atoms with Gasteiger partial charge in [0.05, 0.1) is 5.92 Å². The maximum atomic E-state index is 12.4. The number of carbonyl (C=O) groups is 2. The second kappa shape index (κ2) is 6.64. The van der Waals surface area contributed by atoms with E-state index < -0.39 is 5.97 Å². The molecule has 2 unspecified atom stereocenters. The Balaban J connectivity index is 2.06. The van der Waals surface area contributed by atoms with E-state index in [1.54, 1.807) is 6.07 Å². The van der Waals surface area contributed by atoms with E-state index in [0.29, 0.717) is 18.5 Å². The fourth-order valence-corrected chi connectivity index (χ4v) is 3.30. The first kappa shape index (κ1) is 16.1. The van der Waals surface area contributed by atoms with Crippen LogP contribution in [0.15, 0.2) is 16.7 Å². The van der Waals surface area contributed by atoms with Gasteiger partial charge in [-0.1, -0.05) is 6.42 Å². The molecule has 1 fully saturated rings. The summed E-state index contributed by atoms with van der Waals surface area (Å²) in [6.07, 6.45) is 4.80. The van der Waals surface area contributed by atoms with Gasteiger partial charge in [0.2, 0.25) is 0 Å². The SMILES string of the molecule is CC(C)n1cc(Br)cc1C(=O)NC1CCCC(C(=O)O)C1. The highest BCUT2D eigenvalue weighted by molar-refractivity contribution is 9.10. The number of aliphatic carboxylic acids is 1. The van der Waals surface area contributed by atoms with Crippen molar-refractivity contribution in [1.82, 2.24) is 9.88 Å². The smallest absolute Gasteiger partial charge is 0.306 e. The maximum absolute atomic E-state index is 12.4. The zero-order valence-electron chi connectivity index (χ0n) is 12.3. The van der Waals surface area contributed by atoms with Crippen molar-refractivity contribution in [2.24, 2.45) is 5.92 Å². The molecule has 1 aliphatic carbocycles. The number of carboxylic acids is 1. The topological polar surface area (TPSA) is 71.3 Å². The Bertz CT molecular complexity index is 539. The lowest BCUT2D eigenvalue weighted by Gasteiger charge is -2.27. The Hall–Kier alpha value is -1.30. The Kier molecular flexibility index (Phi) is 5.08. The quantitative estimate of drug-likeness (QED) is 0.869. The van der Waals surface area contributed by atoms with Gasteiger partial charge in [0, 0.05) is 22.8 Å². The molecular weight excluding hydrogens is 336 g/mol. The van der Waals surface area contributed by atoms with Crippen molar-refractivity contribution >= 4 is 27.8 Å². The molecule has 0 aliphatic heterocycles. The van der Waals surface area contributed by atoms with E-state index in [4.69, 9.17) is 5.11 Å². The summed E-state index contributed by atoms with van der Waals surface area (Å²) >= 11 is 3.39. The first-order valence-electron chi connectivity index (χ1n) is 7.29. The maximum Gasteiger partial charge on any atom is 0.306 e. The van der Waals surface area contributed by atoms with Crippen LogP contribution in [0.5, 0.6) is 0 Å². The van der Waals surface area contributed by atoms with Crippen LogP contribution < -0.4 is 5.32 Å². The molecule has 1 heterocycles. The van der Waals surface area contributed by atoms with Gasteiger partial charge in [0.15, 0.2) is 0 Å². The first-order chi connectivity index (χ1) is 9.88. The summed E-state index contributed by atoms with van der Waals surface area (Å²) in [5, 5.41) is 12.1. The molecule has 116 valence electrons. The summed E-state index contributed by atoms with van der Waals surface area (Å²) < 4.78 is 2.78. The number of carbonyl (C=O) groups excluding carboxylic acids is 1. The molecule has 1 aliphatic rings. The third-order valence-electron chi connectivity index (χ3n) is 3.96. The van der Waals surface area contributed by atoms with Crippen LogP contribution >= 0.6 is 15.9 Å². The van der Waals surface area contributed by atoms with Crippen molar-refractivity contribution in [3.05, 3.63) is 22.4 Å². The number of halogens is 1. The van der Waals surface area contributed by atoms with E-state index in [2.05, 4.69) is 21.2 Å². The molecule has 2 N–H and O–H groups in total. The molecule has 5 nitrogen and oxygen atoms in total. The van der Waals surface area contributed by atoms with Crippen LogP contribution in [-0.4, -0.2) is 27.6 Å². The monoisotopic (exact) mass is 356 g/mol. The molecule has 0 spiro atoms. The fourth-order valence-electron chi connectivity index (χ4n) is 2.86. The summed E-state index contributed by atoms with van der Waals surface area (Å²) in [5.74, 6) is -1.24. The number of nitrogens with zero attached hydrogens (tertiary/aromatic N) is 1. The van der Waals surface area contributed by atoms with Gasteiger partial charge in [0.1, 0.15) is 5.69 Å². The summed E-state index contributed by atoms with van der Waals surface area (Å²) in [4.78, 5) is 23.5. The zero-order chi connectivity index (χ0) is 15.6. The average Bonchev–Trinajstić information content (AvgIpc) is 2.81. The van der Waals surface area contributed by atoms with E-state index >= 15 is 0 Å². The van der Waals surface area contributed by atoms with Crippen LogP contribution in [-0.2, 0) is 4.79 Å². The van der Waals surface area contributed by atoms with Crippen LogP contribution in [0.3, 0.4) is 0 Å². The molecule has 0 aromatic carbocycles. The predicted molar refractivity (Wildman–Crippen MR) is 83.4 cm³/mol. The summed E-state index contributed by atoms with van der Waals surface area (Å²) in [6.45, 7) is 4.04. The Morgan fingerprint density at radius 2 is 2.14 bits per heavy atom. The van der Waals surface area contributed by atoms with Gasteiger partial charge >= 0.3 is 5.97 Å². The third-order valence-corrected chi connectivity index (χ3v) is 4.40. The van der Waals surface area contributed by atoms with E-state index in [1.165, 1.54) is 0 Å². The minimum atomic E-state index is -0.762. The van der Waals surface area contributed by atoms with Crippen molar-refractivity contribution < 1.29 is 14.7 Å². The molecule has 0 bridgehead atoms.